The molecule has 1 saturated heterocycles. The first kappa shape index (κ1) is 15.0. The standard InChI is InChI=1S/C11H22NO4P/c1-6-15-17(14)16-9-7-10(2,3)12(13)11(4,5)8-9/h9H,6-8H2,1-5H3/q+1. The van der Waals surface area contributed by atoms with Crippen LogP contribution in [0.4, 0.5) is 0 Å². The Morgan fingerprint density at radius 2 is 1.71 bits per heavy atom. The van der Waals surface area contributed by atoms with Crippen LogP contribution in [0.25, 0.3) is 0 Å². The van der Waals surface area contributed by atoms with Gasteiger partial charge in [-0.25, -0.2) is 0 Å². The van der Waals surface area contributed by atoms with Crippen LogP contribution in [-0.4, -0.2) is 28.9 Å². The molecule has 5 nitrogen and oxygen atoms in total. The van der Waals surface area contributed by atoms with E-state index in [2.05, 4.69) is 0 Å². The highest BCUT2D eigenvalue weighted by Gasteiger charge is 2.49. The van der Waals surface area contributed by atoms with Crippen molar-refractivity contribution in [2.75, 3.05) is 6.61 Å². The molecule has 1 aliphatic heterocycles. The van der Waals surface area contributed by atoms with Crippen LogP contribution in [0, 0.1) is 0 Å². The molecule has 0 aliphatic carbocycles. The second-order valence-corrected chi connectivity index (χ2v) is 6.61. The van der Waals surface area contributed by atoms with Crippen molar-refractivity contribution >= 4 is 8.25 Å². The van der Waals surface area contributed by atoms with Gasteiger partial charge in [-0.2, -0.15) is 0 Å². The first-order valence-electron chi connectivity index (χ1n) is 5.93. The Labute approximate surface area is 104 Å². The third-order valence-corrected chi connectivity index (χ3v) is 3.96. The Kier molecular flexibility index (Phi) is 4.67. The topological polar surface area (TPSA) is 58.7 Å². The van der Waals surface area contributed by atoms with Gasteiger partial charge in [-0.05, 0) is 47.5 Å². The molecule has 0 saturated carbocycles. The van der Waals surface area contributed by atoms with E-state index < -0.39 is 19.3 Å². The van der Waals surface area contributed by atoms with Crippen LogP contribution in [0.15, 0.2) is 0 Å². The fraction of sp³-hybridized carbons (Fsp3) is 1.00. The van der Waals surface area contributed by atoms with Gasteiger partial charge in [-0.3, -0.25) is 0 Å². The molecule has 17 heavy (non-hydrogen) atoms. The Balaban J connectivity index is 2.68. The fourth-order valence-corrected chi connectivity index (χ4v) is 3.17. The van der Waals surface area contributed by atoms with Crippen molar-refractivity contribution in [3.63, 3.8) is 0 Å². The molecule has 1 unspecified atom stereocenters. The molecule has 0 spiro atoms. The SMILES string of the molecule is CCO[P+](=O)OC1CC(C)(C)N([O])C(C)(C)C1. The van der Waals surface area contributed by atoms with Gasteiger partial charge in [0.2, 0.25) is 0 Å². The van der Waals surface area contributed by atoms with Crippen LogP contribution in [0.1, 0.15) is 47.5 Å². The van der Waals surface area contributed by atoms with Gasteiger partial charge in [0, 0.05) is 15.6 Å². The molecular formula is C11H22NO4P+. The highest BCUT2D eigenvalue weighted by Crippen LogP contribution is 2.41. The number of rotatable bonds is 4. The van der Waals surface area contributed by atoms with E-state index >= 15 is 0 Å². The van der Waals surface area contributed by atoms with Crippen molar-refractivity contribution in [2.45, 2.75) is 64.6 Å². The van der Waals surface area contributed by atoms with Gasteiger partial charge < -0.3 is 0 Å². The molecule has 1 radical (unpaired) electrons. The van der Waals surface area contributed by atoms with E-state index in [-0.39, 0.29) is 6.10 Å². The fourth-order valence-electron chi connectivity index (χ4n) is 2.50. The number of piperidine rings is 1. The minimum absolute atomic E-state index is 0.194. The van der Waals surface area contributed by atoms with E-state index in [0.717, 1.165) is 5.06 Å². The first-order chi connectivity index (χ1) is 7.69. The highest BCUT2D eigenvalue weighted by atomic mass is 31.1. The molecule has 0 amide bonds. The normalized spacial score (nSPS) is 25.9. The smallest absolute Gasteiger partial charge is 0.144 e. The molecule has 1 atom stereocenters. The lowest BCUT2D eigenvalue weighted by atomic mass is 9.80. The maximum absolute atomic E-state index is 12.1. The lowest BCUT2D eigenvalue weighted by Crippen LogP contribution is -2.59. The molecular weight excluding hydrogens is 241 g/mol. The quantitative estimate of drug-likeness (QED) is 0.731. The summed E-state index contributed by atoms with van der Waals surface area (Å²) in [5, 5.41) is 13.2. The lowest BCUT2D eigenvalue weighted by molar-refractivity contribution is -0.296. The van der Waals surface area contributed by atoms with Gasteiger partial charge in [0.05, 0.1) is 0 Å². The van der Waals surface area contributed by atoms with Crippen molar-refractivity contribution in [1.82, 2.24) is 5.06 Å². The van der Waals surface area contributed by atoms with Gasteiger partial charge in [-0.15, -0.1) is 19.3 Å². The van der Waals surface area contributed by atoms with E-state index in [1.54, 1.807) is 6.92 Å². The predicted octanol–water partition coefficient (Wildman–Crippen LogP) is 3.06. The van der Waals surface area contributed by atoms with Gasteiger partial charge in [0.25, 0.3) is 0 Å². The van der Waals surface area contributed by atoms with Crippen molar-refractivity contribution in [2.24, 2.45) is 0 Å². The average Bonchev–Trinajstić information content (AvgIpc) is 2.13. The first-order valence-corrected chi connectivity index (χ1v) is 7.03. The summed E-state index contributed by atoms with van der Waals surface area (Å²) in [5.74, 6) is 0. The summed E-state index contributed by atoms with van der Waals surface area (Å²) >= 11 is 0. The van der Waals surface area contributed by atoms with E-state index in [4.69, 9.17) is 9.05 Å². The molecule has 1 rings (SSSR count). The molecule has 0 aromatic heterocycles. The zero-order valence-electron chi connectivity index (χ0n) is 11.2. The van der Waals surface area contributed by atoms with E-state index in [1.165, 1.54) is 0 Å². The van der Waals surface area contributed by atoms with Crippen molar-refractivity contribution in [3.8, 4) is 0 Å². The maximum atomic E-state index is 12.1. The molecule has 1 fully saturated rings. The Hall–Kier alpha value is -0.0600. The van der Waals surface area contributed by atoms with Gasteiger partial charge >= 0.3 is 8.25 Å². The van der Waals surface area contributed by atoms with Crippen LogP contribution >= 0.6 is 8.25 Å². The van der Waals surface area contributed by atoms with Crippen molar-refractivity contribution < 1.29 is 18.8 Å². The lowest BCUT2D eigenvalue weighted by Gasteiger charge is -2.48. The Bertz CT molecular complexity index is 275. The zero-order chi connectivity index (χ0) is 13.3. The van der Waals surface area contributed by atoms with Crippen LogP contribution in [-0.2, 0) is 18.8 Å². The minimum atomic E-state index is -2.07. The van der Waals surface area contributed by atoms with Gasteiger partial charge in [-0.1, -0.05) is 0 Å². The van der Waals surface area contributed by atoms with Crippen molar-refractivity contribution in [1.29, 1.82) is 0 Å². The highest BCUT2D eigenvalue weighted by molar-refractivity contribution is 7.33. The summed E-state index contributed by atoms with van der Waals surface area (Å²) in [6.45, 7) is 9.65. The Morgan fingerprint density at radius 1 is 1.24 bits per heavy atom. The third-order valence-electron chi connectivity index (χ3n) is 3.02. The number of nitrogens with zero attached hydrogens (tertiary/aromatic N) is 1. The van der Waals surface area contributed by atoms with Gasteiger partial charge in [0.1, 0.15) is 12.7 Å². The van der Waals surface area contributed by atoms with Crippen LogP contribution in [0.3, 0.4) is 0 Å². The third kappa shape index (κ3) is 3.70. The molecule has 0 N–H and O–H groups in total. The molecule has 99 valence electrons. The second-order valence-electron chi connectivity index (χ2n) is 5.70. The number of hydroxylamine groups is 2. The average molecular weight is 263 g/mol. The second kappa shape index (κ2) is 5.29. The van der Waals surface area contributed by atoms with Gasteiger partial charge in [0.15, 0.2) is 0 Å². The zero-order valence-corrected chi connectivity index (χ0v) is 12.1. The predicted molar refractivity (Wildman–Crippen MR) is 64.0 cm³/mol. The summed E-state index contributed by atoms with van der Waals surface area (Å²) < 4.78 is 21.7. The summed E-state index contributed by atoms with van der Waals surface area (Å²) in [7, 11) is -2.07. The molecule has 0 aromatic carbocycles. The van der Waals surface area contributed by atoms with Crippen LogP contribution in [0.2, 0.25) is 0 Å². The monoisotopic (exact) mass is 263 g/mol. The summed E-state index contributed by atoms with van der Waals surface area (Å²) in [6.07, 6.45) is 0.933. The maximum Gasteiger partial charge on any atom is 0.697 e. The number of hydrogen-bond donors (Lipinski definition) is 0. The molecule has 0 aromatic rings. The molecule has 0 bridgehead atoms. The van der Waals surface area contributed by atoms with E-state index in [1.807, 2.05) is 27.7 Å². The van der Waals surface area contributed by atoms with Crippen LogP contribution < -0.4 is 0 Å². The molecule has 1 aliphatic rings. The largest absolute Gasteiger partial charge is 0.697 e. The summed E-state index contributed by atoms with van der Waals surface area (Å²) in [4.78, 5) is 0. The van der Waals surface area contributed by atoms with E-state index in [0.29, 0.717) is 19.4 Å². The molecule has 6 heteroatoms. The minimum Gasteiger partial charge on any atom is -0.144 e. The summed E-state index contributed by atoms with van der Waals surface area (Å²) in [6, 6.07) is 0. The van der Waals surface area contributed by atoms with E-state index in [9.17, 15) is 9.77 Å². The van der Waals surface area contributed by atoms with Crippen molar-refractivity contribution in [3.05, 3.63) is 0 Å². The number of hydrogen-bond acceptors (Lipinski definition) is 4. The summed E-state index contributed by atoms with van der Waals surface area (Å²) in [5.41, 5.74) is -1.01. The Morgan fingerprint density at radius 3 is 2.12 bits per heavy atom. The van der Waals surface area contributed by atoms with Crippen LogP contribution in [0.5, 0.6) is 0 Å². The molecule has 1 heterocycles.